The highest BCUT2D eigenvalue weighted by Gasteiger charge is 2.10. The molecule has 0 bridgehead atoms. The lowest BCUT2D eigenvalue weighted by atomic mass is 10.2. The van der Waals surface area contributed by atoms with Gasteiger partial charge in [0.2, 0.25) is 0 Å². The molecule has 0 atom stereocenters. The quantitative estimate of drug-likeness (QED) is 0.706. The Morgan fingerprint density at radius 1 is 1.29 bits per heavy atom. The minimum atomic E-state index is 0.794. The van der Waals surface area contributed by atoms with E-state index in [1.54, 1.807) is 0 Å². The summed E-state index contributed by atoms with van der Waals surface area (Å²) in [6.07, 6.45) is 1.02. The largest absolute Gasteiger partial charge is 0.382 e. The van der Waals surface area contributed by atoms with Crippen LogP contribution in [0.2, 0.25) is 0 Å². The second kappa shape index (κ2) is 7.45. The molecular formula is C13H25N3O. The standard InChI is InChI=1S/C13H25N3O/c1-5-14-10-13-11(3)15-16(12(13)4)8-7-9-17-6-2/h14H,5-10H2,1-4H3. The van der Waals surface area contributed by atoms with Crippen LogP contribution in [0, 0.1) is 13.8 Å². The van der Waals surface area contributed by atoms with Crippen LogP contribution in [-0.2, 0) is 17.8 Å². The molecule has 0 aromatic carbocycles. The van der Waals surface area contributed by atoms with Gasteiger partial charge in [0.25, 0.3) is 0 Å². The number of hydrogen-bond donors (Lipinski definition) is 1. The molecular weight excluding hydrogens is 214 g/mol. The monoisotopic (exact) mass is 239 g/mol. The molecule has 0 radical (unpaired) electrons. The van der Waals surface area contributed by atoms with E-state index in [0.29, 0.717) is 0 Å². The van der Waals surface area contributed by atoms with Gasteiger partial charge in [-0.25, -0.2) is 0 Å². The Labute approximate surface area is 104 Å². The maximum absolute atomic E-state index is 5.34. The highest BCUT2D eigenvalue weighted by Crippen LogP contribution is 2.13. The third-order valence-electron chi connectivity index (χ3n) is 2.95. The molecule has 0 unspecified atom stereocenters. The Bertz CT molecular complexity index is 334. The number of nitrogens with one attached hydrogen (secondary N) is 1. The highest BCUT2D eigenvalue weighted by atomic mass is 16.5. The average molecular weight is 239 g/mol. The molecule has 1 rings (SSSR count). The number of aromatic nitrogens is 2. The van der Waals surface area contributed by atoms with Crippen molar-refractivity contribution in [2.24, 2.45) is 0 Å². The fraction of sp³-hybridized carbons (Fsp3) is 0.769. The molecule has 98 valence electrons. The first-order valence-corrected chi connectivity index (χ1v) is 6.52. The average Bonchev–Trinajstić information content (AvgIpc) is 2.58. The summed E-state index contributed by atoms with van der Waals surface area (Å²) in [7, 11) is 0. The topological polar surface area (TPSA) is 39.1 Å². The summed E-state index contributed by atoms with van der Waals surface area (Å²) < 4.78 is 7.44. The molecule has 0 spiro atoms. The summed E-state index contributed by atoms with van der Waals surface area (Å²) in [6.45, 7) is 12.8. The predicted molar refractivity (Wildman–Crippen MR) is 70.2 cm³/mol. The van der Waals surface area contributed by atoms with Crippen molar-refractivity contribution >= 4 is 0 Å². The normalized spacial score (nSPS) is 11.1. The lowest BCUT2D eigenvalue weighted by Crippen LogP contribution is -2.13. The van der Waals surface area contributed by atoms with Gasteiger partial charge in [0.1, 0.15) is 0 Å². The van der Waals surface area contributed by atoms with E-state index in [9.17, 15) is 0 Å². The van der Waals surface area contributed by atoms with E-state index in [1.165, 1.54) is 11.3 Å². The predicted octanol–water partition coefficient (Wildman–Crippen LogP) is 2.04. The van der Waals surface area contributed by atoms with Crippen molar-refractivity contribution in [3.05, 3.63) is 17.0 Å². The van der Waals surface area contributed by atoms with Gasteiger partial charge in [-0.15, -0.1) is 0 Å². The van der Waals surface area contributed by atoms with Gasteiger partial charge < -0.3 is 10.1 Å². The summed E-state index contributed by atoms with van der Waals surface area (Å²) in [5, 5.41) is 7.94. The molecule has 1 heterocycles. The lowest BCUT2D eigenvalue weighted by Gasteiger charge is -2.06. The van der Waals surface area contributed by atoms with Gasteiger partial charge in [-0.05, 0) is 33.7 Å². The number of hydrogen-bond acceptors (Lipinski definition) is 3. The maximum atomic E-state index is 5.34. The zero-order valence-electron chi connectivity index (χ0n) is 11.5. The van der Waals surface area contributed by atoms with E-state index < -0.39 is 0 Å². The third-order valence-corrected chi connectivity index (χ3v) is 2.95. The molecule has 1 aromatic rings. The van der Waals surface area contributed by atoms with Crippen molar-refractivity contribution in [1.29, 1.82) is 0 Å². The van der Waals surface area contributed by atoms with E-state index >= 15 is 0 Å². The van der Waals surface area contributed by atoms with Crippen LogP contribution in [-0.4, -0.2) is 29.5 Å². The molecule has 0 saturated carbocycles. The van der Waals surface area contributed by atoms with Gasteiger partial charge in [-0.3, -0.25) is 4.68 Å². The van der Waals surface area contributed by atoms with E-state index in [0.717, 1.165) is 45.0 Å². The zero-order valence-corrected chi connectivity index (χ0v) is 11.5. The van der Waals surface area contributed by atoms with Crippen LogP contribution in [0.3, 0.4) is 0 Å². The summed E-state index contributed by atoms with van der Waals surface area (Å²) in [5.74, 6) is 0. The van der Waals surface area contributed by atoms with E-state index in [2.05, 4.69) is 35.9 Å². The summed E-state index contributed by atoms with van der Waals surface area (Å²) in [5.41, 5.74) is 3.75. The number of aryl methyl sites for hydroxylation is 2. The van der Waals surface area contributed by atoms with Crippen molar-refractivity contribution in [2.45, 2.75) is 47.2 Å². The molecule has 1 N–H and O–H groups in total. The SMILES string of the molecule is CCNCc1c(C)nn(CCCOCC)c1C. The Balaban J connectivity index is 2.55. The van der Waals surface area contributed by atoms with Crippen LogP contribution >= 0.6 is 0 Å². The molecule has 0 aliphatic rings. The van der Waals surface area contributed by atoms with Crippen LogP contribution in [0.15, 0.2) is 0 Å². The van der Waals surface area contributed by atoms with E-state index in [1.807, 2.05) is 6.92 Å². The van der Waals surface area contributed by atoms with Crippen LogP contribution in [0.25, 0.3) is 0 Å². The van der Waals surface area contributed by atoms with Gasteiger partial charge in [-0.1, -0.05) is 6.92 Å². The first-order valence-electron chi connectivity index (χ1n) is 6.52. The molecule has 0 saturated heterocycles. The second-order valence-corrected chi connectivity index (χ2v) is 4.20. The van der Waals surface area contributed by atoms with Crippen LogP contribution < -0.4 is 5.32 Å². The fourth-order valence-electron chi connectivity index (χ4n) is 1.92. The van der Waals surface area contributed by atoms with Crippen molar-refractivity contribution in [3.8, 4) is 0 Å². The molecule has 4 nitrogen and oxygen atoms in total. The molecule has 1 aromatic heterocycles. The van der Waals surface area contributed by atoms with Gasteiger partial charge >= 0.3 is 0 Å². The highest BCUT2D eigenvalue weighted by molar-refractivity contribution is 5.24. The number of nitrogens with zero attached hydrogens (tertiary/aromatic N) is 2. The second-order valence-electron chi connectivity index (χ2n) is 4.20. The van der Waals surface area contributed by atoms with Crippen LogP contribution in [0.5, 0.6) is 0 Å². The molecule has 0 fully saturated rings. The van der Waals surface area contributed by atoms with E-state index in [4.69, 9.17) is 4.74 Å². The Morgan fingerprint density at radius 2 is 2.06 bits per heavy atom. The Morgan fingerprint density at radius 3 is 2.71 bits per heavy atom. The summed E-state index contributed by atoms with van der Waals surface area (Å²) >= 11 is 0. The Kier molecular flexibility index (Phi) is 6.22. The maximum Gasteiger partial charge on any atom is 0.0641 e. The minimum absolute atomic E-state index is 0.794. The van der Waals surface area contributed by atoms with Crippen molar-refractivity contribution in [3.63, 3.8) is 0 Å². The number of rotatable bonds is 8. The summed E-state index contributed by atoms with van der Waals surface area (Å²) in [4.78, 5) is 0. The van der Waals surface area contributed by atoms with Crippen LogP contribution in [0.1, 0.15) is 37.2 Å². The molecule has 0 aliphatic heterocycles. The van der Waals surface area contributed by atoms with Gasteiger partial charge in [0, 0.05) is 37.6 Å². The first kappa shape index (κ1) is 14.2. The lowest BCUT2D eigenvalue weighted by molar-refractivity contribution is 0.140. The van der Waals surface area contributed by atoms with Crippen LogP contribution in [0.4, 0.5) is 0 Å². The van der Waals surface area contributed by atoms with E-state index in [-0.39, 0.29) is 0 Å². The third kappa shape index (κ3) is 4.13. The van der Waals surface area contributed by atoms with Crippen molar-refractivity contribution < 1.29 is 4.74 Å². The van der Waals surface area contributed by atoms with Gasteiger partial charge in [0.15, 0.2) is 0 Å². The number of ether oxygens (including phenoxy) is 1. The first-order chi connectivity index (χ1) is 8.20. The van der Waals surface area contributed by atoms with Crippen molar-refractivity contribution in [1.82, 2.24) is 15.1 Å². The molecule has 0 aliphatic carbocycles. The van der Waals surface area contributed by atoms with Gasteiger partial charge in [0.05, 0.1) is 5.69 Å². The zero-order chi connectivity index (χ0) is 12.7. The smallest absolute Gasteiger partial charge is 0.0641 e. The van der Waals surface area contributed by atoms with Gasteiger partial charge in [-0.2, -0.15) is 5.10 Å². The molecule has 0 amide bonds. The summed E-state index contributed by atoms with van der Waals surface area (Å²) in [6, 6.07) is 0. The molecule has 4 heteroatoms. The Hall–Kier alpha value is -0.870. The molecule has 17 heavy (non-hydrogen) atoms. The van der Waals surface area contributed by atoms with Crippen molar-refractivity contribution in [2.75, 3.05) is 19.8 Å². The minimum Gasteiger partial charge on any atom is -0.382 e. The fourth-order valence-corrected chi connectivity index (χ4v) is 1.92.